The Labute approximate surface area is 203 Å². The van der Waals surface area contributed by atoms with E-state index in [4.69, 9.17) is 19.3 Å². The van der Waals surface area contributed by atoms with Crippen molar-refractivity contribution < 1.29 is 69.8 Å². The van der Waals surface area contributed by atoms with Crippen molar-refractivity contribution >= 4 is 18.0 Å². The fraction of sp³-hybridized carbons (Fsp3) is 0.545. The summed E-state index contributed by atoms with van der Waals surface area (Å²) in [6.07, 6.45) is -11.6. The Balaban J connectivity index is 1.63. The molecule has 1 aliphatic carbocycles. The minimum Gasteiger partial charge on any atom is -0.504 e. The highest BCUT2D eigenvalue weighted by molar-refractivity contribution is 5.87. The molecule has 0 bridgehead atoms. The number of aromatic hydroxyl groups is 1. The predicted molar refractivity (Wildman–Crippen MR) is 115 cm³/mol. The van der Waals surface area contributed by atoms with E-state index >= 15 is 0 Å². The SMILES string of the molecule is O=C(C=Cc1ccc(OC2OC(CO)C(O)C(O)C2O)c(O)c1)OC1CC(O)(C(=O)O)CC(O)C1O. The molecule has 1 saturated carbocycles. The summed E-state index contributed by atoms with van der Waals surface area (Å²) in [5, 5.41) is 88.2. The number of aliphatic carboxylic acids is 1. The van der Waals surface area contributed by atoms with E-state index in [-0.39, 0.29) is 11.3 Å². The lowest BCUT2D eigenvalue weighted by Gasteiger charge is -2.39. The largest absolute Gasteiger partial charge is 0.504 e. The third kappa shape index (κ3) is 5.93. The smallest absolute Gasteiger partial charge is 0.335 e. The Morgan fingerprint density at radius 1 is 1.06 bits per heavy atom. The van der Waals surface area contributed by atoms with Crippen molar-refractivity contribution in [2.45, 2.75) is 67.5 Å². The molecular formula is C22H28O14. The summed E-state index contributed by atoms with van der Waals surface area (Å²) in [5.41, 5.74) is -2.12. The fourth-order valence-electron chi connectivity index (χ4n) is 3.92. The van der Waals surface area contributed by atoms with Gasteiger partial charge < -0.3 is 60.2 Å². The van der Waals surface area contributed by atoms with Crippen LogP contribution < -0.4 is 4.74 Å². The van der Waals surface area contributed by atoms with Crippen molar-refractivity contribution in [2.24, 2.45) is 0 Å². The summed E-state index contributed by atoms with van der Waals surface area (Å²) >= 11 is 0. The van der Waals surface area contributed by atoms with Crippen molar-refractivity contribution in [2.75, 3.05) is 6.61 Å². The van der Waals surface area contributed by atoms with Gasteiger partial charge in [-0.25, -0.2) is 9.59 Å². The molecule has 1 aromatic carbocycles. The number of esters is 1. The lowest BCUT2D eigenvalue weighted by atomic mass is 9.79. The molecule has 9 N–H and O–H groups in total. The molecule has 1 aromatic rings. The van der Waals surface area contributed by atoms with E-state index in [2.05, 4.69) is 0 Å². The monoisotopic (exact) mass is 516 g/mol. The summed E-state index contributed by atoms with van der Waals surface area (Å²) < 4.78 is 15.5. The van der Waals surface area contributed by atoms with Gasteiger partial charge in [-0.05, 0) is 23.8 Å². The number of hydrogen-bond acceptors (Lipinski definition) is 13. The maximum atomic E-state index is 12.2. The summed E-state index contributed by atoms with van der Waals surface area (Å²) in [6.45, 7) is -0.664. The average molecular weight is 516 g/mol. The molecule has 1 heterocycles. The first-order chi connectivity index (χ1) is 16.9. The number of phenols is 1. The molecule has 0 amide bonds. The van der Waals surface area contributed by atoms with Gasteiger partial charge in [-0.15, -0.1) is 0 Å². The number of phenolic OH excluding ortho intramolecular Hbond substituents is 1. The van der Waals surface area contributed by atoms with E-state index in [0.717, 1.165) is 12.1 Å². The van der Waals surface area contributed by atoms with Gasteiger partial charge >= 0.3 is 11.9 Å². The molecule has 0 spiro atoms. The maximum Gasteiger partial charge on any atom is 0.335 e. The molecule has 2 aliphatic rings. The van der Waals surface area contributed by atoms with Crippen molar-refractivity contribution in [3.8, 4) is 11.5 Å². The van der Waals surface area contributed by atoms with E-state index in [1.165, 1.54) is 18.2 Å². The molecule has 9 atom stereocenters. The van der Waals surface area contributed by atoms with Crippen molar-refractivity contribution in [1.82, 2.24) is 0 Å². The molecule has 0 radical (unpaired) electrons. The van der Waals surface area contributed by atoms with Gasteiger partial charge in [0.05, 0.1) is 12.7 Å². The number of carbonyl (C=O) groups excluding carboxylic acids is 1. The topological polar surface area (TPSA) is 244 Å². The van der Waals surface area contributed by atoms with Gasteiger partial charge in [0.1, 0.15) is 36.6 Å². The van der Waals surface area contributed by atoms with E-state index in [9.17, 15) is 50.4 Å². The van der Waals surface area contributed by atoms with E-state index in [0.29, 0.717) is 0 Å². The first-order valence-electron chi connectivity index (χ1n) is 10.9. The van der Waals surface area contributed by atoms with Gasteiger partial charge in [0.2, 0.25) is 6.29 Å². The molecule has 3 rings (SSSR count). The molecule has 200 valence electrons. The van der Waals surface area contributed by atoms with Crippen molar-refractivity contribution in [3.63, 3.8) is 0 Å². The van der Waals surface area contributed by atoms with Gasteiger partial charge in [-0.1, -0.05) is 6.07 Å². The Bertz CT molecular complexity index is 979. The number of benzene rings is 1. The van der Waals surface area contributed by atoms with Gasteiger partial charge in [0, 0.05) is 18.9 Å². The Kier molecular flexibility index (Phi) is 8.53. The van der Waals surface area contributed by atoms with Crippen LogP contribution in [-0.4, -0.2) is 119 Å². The quantitative estimate of drug-likeness (QED) is 0.128. The second-order valence-electron chi connectivity index (χ2n) is 8.65. The fourth-order valence-corrected chi connectivity index (χ4v) is 3.92. The summed E-state index contributed by atoms with van der Waals surface area (Å²) in [4.78, 5) is 23.4. The summed E-state index contributed by atoms with van der Waals surface area (Å²) in [7, 11) is 0. The molecular weight excluding hydrogens is 488 g/mol. The predicted octanol–water partition coefficient (Wildman–Crippen LogP) is -3.17. The van der Waals surface area contributed by atoms with E-state index in [1.54, 1.807) is 0 Å². The second kappa shape index (κ2) is 11.1. The Hall–Kier alpha value is -2.82. The summed E-state index contributed by atoms with van der Waals surface area (Å²) in [5.74, 6) is -3.31. The molecule has 2 fully saturated rings. The Morgan fingerprint density at radius 3 is 2.36 bits per heavy atom. The zero-order chi connectivity index (χ0) is 26.8. The maximum absolute atomic E-state index is 12.2. The first kappa shape index (κ1) is 27.8. The van der Waals surface area contributed by atoms with Gasteiger partial charge in [-0.3, -0.25) is 0 Å². The van der Waals surface area contributed by atoms with Crippen LogP contribution in [0.1, 0.15) is 18.4 Å². The van der Waals surface area contributed by atoms with Crippen LogP contribution in [0.15, 0.2) is 24.3 Å². The third-order valence-electron chi connectivity index (χ3n) is 6.01. The number of carboxylic acid groups (broad SMARTS) is 1. The van der Waals surface area contributed by atoms with Crippen LogP contribution in [0, 0.1) is 0 Å². The van der Waals surface area contributed by atoms with Crippen LogP contribution in [-0.2, 0) is 19.1 Å². The molecule has 1 saturated heterocycles. The van der Waals surface area contributed by atoms with Crippen LogP contribution in [0.25, 0.3) is 6.08 Å². The molecule has 14 heteroatoms. The number of carboxylic acids is 1. The third-order valence-corrected chi connectivity index (χ3v) is 6.01. The highest BCUT2D eigenvalue weighted by atomic mass is 16.7. The van der Waals surface area contributed by atoms with Crippen molar-refractivity contribution in [1.29, 1.82) is 0 Å². The number of carbonyl (C=O) groups is 2. The highest BCUT2D eigenvalue weighted by Crippen LogP contribution is 2.33. The number of hydrogen-bond donors (Lipinski definition) is 9. The number of ether oxygens (including phenoxy) is 3. The molecule has 9 unspecified atom stereocenters. The Morgan fingerprint density at radius 2 is 1.75 bits per heavy atom. The van der Waals surface area contributed by atoms with Crippen LogP contribution in [0.3, 0.4) is 0 Å². The van der Waals surface area contributed by atoms with Gasteiger partial charge in [-0.2, -0.15) is 0 Å². The zero-order valence-electron chi connectivity index (χ0n) is 18.7. The van der Waals surface area contributed by atoms with Gasteiger partial charge in [0.25, 0.3) is 0 Å². The lowest BCUT2D eigenvalue weighted by molar-refractivity contribution is -0.277. The average Bonchev–Trinajstić information content (AvgIpc) is 2.82. The number of aliphatic hydroxyl groups excluding tert-OH is 6. The molecule has 14 nitrogen and oxygen atoms in total. The van der Waals surface area contributed by atoms with Gasteiger partial charge in [0.15, 0.2) is 17.1 Å². The molecule has 0 aromatic heterocycles. The number of aliphatic hydroxyl groups is 7. The minimum atomic E-state index is -2.38. The molecule has 1 aliphatic heterocycles. The van der Waals surface area contributed by atoms with E-state index in [1.807, 2.05) is 0 Å². The number of rotatable bonds is 7. The van der Waals surface area contributed by atoms with E-state index < -0.39 is 91.8 Å². The first-order valence-corrected chi connectivity index (χ1v) is 10.9. The van der Waals surface area contributed by atoms with Crippen LogP contribution >= 0.6 is 0 Å². The van der Waals surface area contributed by atoms with Crippen LogP contribution in [0.4, 0.5) is 0 Å². The second-order valence-corrected chi connectivity index (χ2v) is 8.65. The van der Waals surface area contributed by atoms with Crippen LogP contribution in [0.2, 0.25) is 0 Å². The normalized spacial score (nSPS) is 37.0. The summed E-state index contributed by atoms with van der Waals surface area (Å²) in [6, 6.07) is 3.78. The standard InChI is InChI=1S/C22H28O14/c23-8-14-17(28)18(29)19(30)20(36-14)35-12-3-1-9(5-10(12)24)2-4-15(26)34-13-7-22(33,21(31)32)6-11(25)16(13)27/h1-5,11,13-14,16-20,23-25,27-30,33H,6-8H2,(H,31,32). The lowest BCUT2D eigenvalue weighted by Crippen LogP contribution is -2.60. The molecule has 36 heavy (non-hydrogen) atoms. The van der Waals surface area contributed by atoms with Crippen molar-refractivity contribution in [3.05, 3.63) is 29.8 Å². The van der Waals surface area contributed by atoms with Crippen LogP contribution in [0.5, 0.6) is 11.5 Å². The minimum absolute atomic E-state index is 0.189. The zero-order valence-corrected chi connectivity index (χ0v) is 18.7. The highest BCUT2D eigenvalue weighted by Gasteiger charge is 2.50.